The lowest BCUT2D eigenvalue weighted by Crippen LogP contribution is -2.38. The Labute approximate surface area is 185 Å². The number of para-hydroxylation sites is 1. The molecule has 0 saturated carbocycles. The first-order valence-corrected chi connectivity index (χ1v) is 9.56. The van der Waals surface area contributed by atoms with Crippen LogP contribution in [0.1, 0.15) is 51.3 Å². The number of oxazole rings is 1. The predicted molar refractivity (Wildman–Crippen MR) is 125 cm³/mol. The molecule has 0 unspecified atom stereocenters. The number of benzene rings is 1. The van der Waals surface area contributed by atoms with Gasteiger partial charge in [0, 0.05) is 18.5 Å². The quantitative estimate of drug-likeness (QED) is 0.243. The Morgan fingerprint density at radius 3 is 2.61 bits per heavy atom. The van der Waals surface area contributed by atoms with Crippen LogP contribution in [0.15, 0.2) is 39.9 Å². The van der Waals surface area contributed by atoms with Gasteiger partial charge in [0.05, 0.1) is 12.8 Å². The lowest BCUT2D eigenvalue weighted by Gasteiger charge is -2.13. The second kappa shape index (κ2) is 11.9. The summed E-state index contributed by atoms with van der Waals surface area (Å²) in [5, 5.41) is 6.55. The molecule has 156 valence electrons. The number of aromatic nitrogens is 1. The second-order valence-corrected chi connectivity index (χ2v) is 7.46. The van der Waals surface area contributed by atoms with Crippen LogP contribution in [0.4, 0.5) is 0 Å². The van der Waals surface area contributed by atoms with Gasteiger partial charge in [-0.1, -0.05) is 39.0 Å². The van der Waals surface area contributed by atoms with Crippen LogP contribution in [0.2, 0.25) is 0 Å². The maximum absolute atomic E-state index is 5.82. The molecule has 0 atom stereocenters. The minimum absolute atomic E-state index is 0. The van der Waals surface area contributed by atoms with Crippen molar-refractivity contribution in [2.75, 3.05) is 19.7 Å². The van der Waals surface area contributed by atoms with Gasteiger partial charge >= 0.3 is 0 Å². The molecule has 0 bridgehead atoms. The molecule has 1 aromatic carbocycles. The van der Waals surface area contributed by atoms with Gasteiger partial charge in [0.1, 0.15) is 18.1 Å². The maximum Gasteiger partial charge on any atom is 0.216 e. The van der Waals surface area contributed by atoms with E-state index in [9.17, 15) is 0 Å². The number of halogens is 1. The highest BCUT2D eigenvalue weighted by molar-refractivity contribution is 14.0. The molecular weight excluding hydrogens is 467 g/mol. The number of hydrogen-bond donors (Lipinski definition) is 2. The van der Waals surface area contributed by atoms with Crippen molar-refractivity contribution in [2.24, 2.45) is 4.99 Å². The first-order valence-electron chi connectivity index (χ1n) is 9.56. The van der Waals surface area contributed by atoms with Crippen molar-refractivity contribution in [1.82, 2.24) is 15.6 Å². The first-order chi connectivity index (χ1) is 12.9. The van der Waals surface area contributed by atoms with Crippen molar-refractivity contribution >= 4 is 29.9 Å². The van der Waals surface area contributed by atoms with Gasteiger partial charge in [-0.2, -0.15) is 0 Å². The molecule has 2 aromatic rings. The number of guanidine groups is 1. The largest absolute Gasteiger partial charge is 0.493 e. The van der Waals surface area contributed by atoms with Gasteiger partial charge in [-0.05, 0) is 31.9 Å². The molecule has 0 saturated heterocycles. The van der Waals surface area contributed by atoms with Crippen molar-refractivity contribution in [3.63, 3.8) is 0 Å². The molecule has 2 rings (SSSR count). The normalized spacial score (nSPS) is 11.7. The van der Waals surface area contributed by atoms with Crippen molar-refractivity contribution in [2.45, 2.75) is 53.0 Å². The van der Waals surface area contributed by atoms with Crippen molar-refractivity contribution in [3.8, 4) is 5.75 Å². The molecule has 0 fully saturated rings. The molecule has 2 N–H and O–H groups in total. The van der Waals surface area contributed by atoms with E-state index in [0.29, 0.717) is 19.0 Å². The van der Waals surface area contributed by atoms with Gasteiger partial charge in [-0.3, -0.25) is 0 Å². The third-order valence-electron chi connectivity index (χ3n) is 3.97. The molecule has 0 amide bonds. The molecule has 0 radical (unpaired) electrons. The topological polar surface area (TPSA) is 71.7 Å². The fourth-order valence-electron chi connectivity index (χ4n) is 2.40. The van der Waals surface area contributed by atoms with E-state index in [1.165, 1.54) is 0 Å². The zero-order valence-corrected chi connectivity index (χ0v) is 19.9. The minimum atomic E-state index is -0.0468. The van der Waals surface area contributed by atoms with Crippen LogP contribution in [-0.4, -0.2) is 30.6 Å². The summed E-state index contributed by atoms with van der Waals surface area (Å²) in [7, 11) is 0. The summed E-state index contributed by atoms with van der Waals surface area (Å²) in [5.74, 6) is 3.19. The standard InChI is InChI=1S/C21H32N4O2.HI/c1-6-22-20(25-15-19-24-14-18(27-19)21(3,4)5)23-12-9-13-26-17-11-8-7-10-16(17)2;/h7-8,10-11,14H,6,9,12-13,15H2,1-5H3,(H2,22,23,25);1H. The summed E-state index contributed by atoms with van der Waals surface area (Å²) in [6, 6.07) is 8.05. The third kappa shape index (κ3) is 8.08. The zero-order chi connectivity index (χ0) is 19.7. The number of nitrogens with zero attached hydrogens (tertiary/aromatic N) is 2. The molecule has 0 aliphatic carbocycles. The van der Waals surface area contributed by atoms with Crippen LogP contribution in [0.3, 0.4) is 0 Å². The van der Waals surface area contributed by atoms with Crippen molar-refractivity contribution < 1.29 is 9.15 Å². The van der Waals surface area contributed by atoms with E-state index in [-0.39, 0.29) is 29.4 Å². The minimum Gasteiger partial charge on any atom is -0.493 e. The smallest absolute Gasteiger partial charge is 0.216 e. The fourth-order valence-corrected chi connectivity index (χ4v) is 2.40. The first kappa shape index (κ1) is 24.3. The van der Waals surface area contributed by atoms with E-state index in [1.807, 2.05) is 25.1 Å². The van der Waals surface area contributed by atoms with Gasteiger partial charge in [0.2, 0.25) is 5.89 Å². The van der Waals surface area contributed by atoms with Crippen molar-refractivity contribution in [1.29, 1.82) is 0 Å². The van der Waals surface area contributed by atoms with Crippen LogP contribution in [-0.2, 0) is 12.0 Å². The highest BCUT2D eigenvalue weighted by Gasteiger charge is 2.18. The number of aryl methyl sites for hydroxylation is 1. The van der Waals surface area contributed by atoms with Gasteiger partial charge in [-0.15, -0.1) is 24.0 Å². The lowest BCUT2D eigenvalue weighted by atomic mass is 9.94. The van der Waals surface area contributed by atoms with Gasteiger partial charge in [0.25, 0.3) is 0 Å². The molecule has 28 heavy (non-hydrogen) atoms. The number of rotatable bonds is 8. The predicted octanol–water partition coefficient (Wildman–Crippen LogP) is 4.42. The molecule has 1 aromatic heterocycles. The monoisotopic (exact) mass is 500 g/mol. The van der Waals surface area contributed by atoms with E-state index in [4.69, 9.17) is 9.15 Å². The Balaban J connectivity index is 0.00000392. The summed E-state index contributed by atoms with van der Waals surface area (Å²) < 4.78 is 11.6. The Morgan fingerprint density at radius 1 is 1.21 bits per heavy atom. The maximum atomic E-state index is 5.82. The Hall–Kier alpha value is -1.77. The van der Waals surface area contributed by atoms with Crippen LogP contribution in [0.5, 0.6) is 5.75 Å². The van der Waals surface area contributed by atoms with Crippen LogP contribution in [0, 0.1) is 6.92 Å². The average Bonchev–Trinajstić information content (AvgIpc) is 3.10. The van der Waals surface area contributed by atoms with Gasteiger partial charge in [-0.25, -0.2) is 9.98 Å². The Kier molecular flexibility index (Phi) is 10.3. The van der Waals surface area contributed by atoms with E-state index in [0.717, 1.165) is 42.5 Å². The highest BCUT2D eigenvalue weighted by Crippen LogP contribution is 2.22. The number of nitrogens with one attached hydrogen (secondary N) is 2. The van der Waals surface area contributed by atoms with E-state index < -0.39 is 0 Å². The van der Waals surface area contributed by atoms with Gasteiger partial charge < -0.3 is 19.8 Å². The summed E-state index contributed by atoms with van der Waals surface area (Å²) in [6.45, 7) is 13.0. The summed E-state index contributed by atoms with van der Waals surface area (Å²) in [5.41, 5.74) is 1.11. The molecule has 0 aliphatic heterocycles. The molecule has 6 nitrogen and oxygen atoms in total. The number of ether oxygens (including phenoxy) is 1. The average molecular weight is 500 g/mol. The summed E-state index contributed by atoms with van der Waals surface area (Å²) >= 11 is 0. The summed E-state index contributed by atoms with van der Waals surface area (Å²) in [6.07, 6.45) is 2.67. The van der Waals surface area contributed by atoms with Crippen LogP contribution < -0.4 is 15.4 Å². The Morgan fingerprint density at radius 2 is 1.96 bits per heavy atom. The molecule has 7 heteroatoms. The molecule has 1 heterocycles. The number of hydrogen-bond acceptors (Lipinski definition) is 4. The zero-order valence-electron chi connectivity index (χ0n) is 17.5. The van der Waals surface area contributed by atoms with Crippen molar-refractivity contribution in [3.05, 3.63) is 47.7 Å². The lowest BCUT2D eigenvalue weighted by molar-refractivity contribution is 0.309. The third-order valence-corrected chi connectivity index (χ3v) is 3.97. The van der Waals surface area contributed by atoms with E-state index >= 15 is 0 Å². The van der Waals surface area contributed by atoms with E-state index in [2.05, 4.69) is 54.4 Å². The second-order valence-electron chi connectivity index (χ2n) is 7.46. The molecule has 0 spiro atoms. The van der Waals surface area contributed by atoms with E-state index in [1.54, 1.807) is 6.20 Å². The van der Waals surface area contributed by atoms with Crippen LogP contribution in [0.25, 0.3) is 0 Å². The SMILES string of the molecule is CCNC(=NCc1ncc(C(C)(C)C)o1)NCCCOc1ccccc1C.I. The highest BCUT2D eigenvalue weighted by atomic mass is 127. The van der Waals surface area contributed by atoms with Gasteiger partial charge in [0.15, 0.2) is 5.96 Å². The fraction of sp³-hybridized carbons (Fsp3) is 0.524. The Bertz CT molecular complexity index is 738. The molecule has 0 aliphatic rings. The summed E-state index contributed by atoms with van der Waals surface area (Å²) in [4.78, 5) is 8.86. The number of aliphatic imine (C=N–C) groups is 1. The van der Waals surface area contributed by atoms with Crippen LogP contribution >= 0.6 is 24.0 Å². The molecular formula is C21H33IN4O2.